The van der Waals surface area contributed by atoms with Gasteiger partial charge in [0.2, 0.25) is 11.8 Å². The maximum atomic E-state index is 12.5. The van der Waals surface area contributed by atoms with Crippen molar-refractivity contribution >= 4 is 38.5 Å². The lowest BCUT2D eigenvalue weighted by atomic mass is 9.99. The molecule has 1 aromatic heterocycles. The highest BCUT2D eigenvalue weighted by atomic mass is 32.1. The topological polar surface area (TPSA) is 74.8 Å². The van der Waals surface area contributed by atoms with Gasteiger partial charge >= 0.3 is 0 Å². The molecule has 2 aromatic rings. The van der Waals surface area contributed by atoms with Crippen LogP contribution >= 0.6 is 11.3 Å². The summed E-state index contributed by atoms with van der Waals surface area (Å²) in [5.41, 5.74) is 0.863. The molecule has 2 aliphatic heterocycles. The number of anilines is 1. The highest BCUT2D eigenvalue weighted by Crippen LogP contribution is 2.36. The van der Waals surface area contributed by atoms with Crippen LogP contribution in [0.1, 0.15) is 0 Å². The number of benzene rings is 1. The zero-order valence-corrected chi connectivity index (χ0v) is 14.1. The second kappa shape index (κ2) is 5.94. The van der Waals surface area contributed by atoms with Gasteiger partial charge in [-0.1, -0.05) is 17.4 Å². The monoisotopic (exact) mass is 346 g/mol. The van der Waals surface area contributed by atoms with Crippen LogP contribution in [0.4, 0.5) is 5.13 Å². The van der Waals surface area contributed by atoms with E-state index in [0.717, 1.165) is 21.1 Å². The average Bonchev–Trinajstić information content (AvgIpc) is 2.96. The van der Waals surface area contributed by atoms with E-state index in [1.54, 1.807) is 23.3 Å². The predicted octanol–water partition coefficient (Wildman–Crippen LogP) is 0.699. The largest absolute Gasteiger partial charge is 0.494 e. The van der Waals surface area contributed by atoms with Gasteiger partial charge < -0.3 is 19.9 Å². The zero-order chi connectivity index (χ0) is 16.7. The van der Waals surface area contributed by atoms with Crippen molar-refractivity contribution in [2.24, 2.45) is 5.92 Å². The quantitative estimate of drug-likeness (QED) is 0.885. The fourth-order valence-corrected chi connectivity index (χ4v) is 4.09. The Bertz CT molecular complexity index is 800. The van der Waals surface area contributed by atoms with Crippen molar-refractivity contribution in [2.75, 3.05) is 44.7 Å². The Balaban J connectivity index is 1.44. The van der Waals surface area contributed by atoms with Gasteiger partial charge in [-0.25, -0.2) is 4.98 Å². The van der Waals surface area contributed by atoms with E-state index < -0.39 is 0 Å². The van der Waals surface area contributed by atoms with Crippen molar-refractivity contribution in [3.05, 3.63) is 18.2 Å². The minimum atomic E-state index is -0.0796. The highest BCUT2D eigenvalue weighted by molar-refractivity contribution is 7.22. The van der Waals surface area contributed by atoms with E-state index in [4.69, 9.17) is 4.74 Å². The molecule has 0 aliphatic carbocycles. The fraction of sp³-hybridized carbons (Fsp3) is 0.438. The molecule has 0 atom stereocenters. The summed E-state index contributed by atoms with van der Waals surface area (Å²) in [6, 6.07) is 5.87. The van der Waals surface area contributed by atoms with Gasteiger partial charge in [0.05, 0.1) is 24.3 Å². The minimum absolute atomic E-state index is 0.0511. The number of hydrogen-bond donors (Lipinski definition) is 1. The standard InChI is InChI=1S/C16H18N4O3S/c1-23-11-3-2-4-12-14(11)18-16(24-12)20-7-10(8-20)15(22)19-6-5-17-13(21)9-19/h2-4,10H,5-9H2,1H3,(H,17,21). The van der Waals surface area contributed by atoms with Crippen molar-refractivity contribution < 1.29 is 14.3 Å². The second-order valence-electron chi connectivity index (χ2n) is 6.02. The predicted molar refractivity (Wildman–Crippen MR) is 91.5 cm³/mol. The van der Waals surface area contributed by atoms with E-state index in [-0.39, 0.29) is 24.3 Å². The van der Waals surface area contributed by atoms with E-state index in [9.17, 15) is 9.59 Å². The van der Waals surface area contributed by atoms with Gasteiger partial charge in [-0.15, -0.1) is 0 Å². The van der Waals surface area contributed by atoms with Crippen LogP contribution in [0.3, 0.4) is 0 Å². The molecule has 0 spiro atoms. The summed E-state index contributed by atoms with van der Waals surface area (Å²) in [5, 5.41) is 3.65. The van der Waals surface area contributed by atoms with Crippen LogP contribution in [-0.4, -0.2) is 61.5 Å². The van der Waals surface area contributed by atoms with Crippen molar-refractivity contribution in [3.8, 4) is 5.75 Å². The summed E-state index contributed by atoms with van der Waals surface area (Å²) in [6.45, 7) is 2.62. The molecule has 7 nitrogen and oxygen atoms in total. The van der Waals surface area contributed by atoms with Gasteiger partial charge in [-0.3, -0.25) is 9.59 Å². The Labute approximate surface area is 143 Å². The summed E-state index contributed by atoms with van der Waals surface area (Å²) in [6.07, 6.45) is 0. The lowest BCUT2D eigenvalue weighted by Gasteiger charge is -2.41. The third-order valence-corrected chi connectivity index (χ3v) is 5.52. The number of ether oxygens (including phenoxy) is 1. The fourth-order valence-electron chi connectivity index (χ4n) is 3.09. The third-order valence-electron chi connectivity index (χ3n) is 4.44. The SMILES string of the molecule is COc1cccc2sc(N3CC(C(=O)N4CCNC(=O)C4)C3)nc12. The first-order chi connectivity index (χ1) is 11.7. The number of carbonyl (C=O) groups excluding carboxylic acids is 2. The van der Waals surface area contributed by atoms with Gasteiger partial charge in [0.1, 0.15) is 11.3 Å². The summed E-state index contributed by atoms with van der Waals surface area (Å²) in [4.78, 5) is 32.3. The van der Waals surface area contributed by atoms with E-state index >= 15 is 0 Å². The zero-order valence-electron chi connectivity index (χ0n) is 13.3. The Hall–Kier alpha value is -2.35. The van der Waals surface area contributed by atoms with Gasteiger partial charge in [-0.2, -0.15) is 0 Å². The Morgan fingerprint density at radius 2 is 2.25 bits per heavy atom. The number of nitrogens with one attached hydrogen (secondary N) is 1. The Morgan fingerprint density at radius 1 is 1.42 bits per heavy atom. The second-order valence-corrected chi connectivity index (χ2v) is 7.02. The number of piperazine rings is 1. The van der Waals surface area contributed by atoms with Crippen molar-refractivity contribution in [3.63, 3.8) is 0 Å². The van der Waals surface area contributed by atoms with Gasteiger partial charge in [-0.05, 0) is 12.1 Å². The number of methoxy groups -OCH3 is 1. The van der Waals surface area contributed by atoms with Gasteiger partial charge in [0, 0.05) is 26.2 Å². The normalized spacial score (nSPS) is 18.5. The number of hydrogen-bond acceptors (Lipinski definition) is 6. The number of fused-ring (bicyclic) bond motifs is 1. The maximum Gasteiger partial charge on any atom is 0.239 e. The average molecular weight is 346 g/mol. The lowest BCUT2D eigenvalue weighted by Crippen LogP contribution is -2.58. The molecule has 2 fully saturated rings. The first kappa shape index (κ1) is 15.2. The number of aromatic nitrogens is 1. The highest BCUT2D eigenvalue weighted by Gasteiger charge is 2.38. The molecular weight excluding hydrogens is 328 g/mol. The van der Waals surface area contributed by atoms with E-state index in [0.29, 0.717) is 26.2 Å². The van der Waals surface area contributed by atoms with Crippen LogP contribution in [0.5, 0.6) is 5.75 Å². The van der Waals surface area contributed by atoms with Crippen molar-refractivity contribution in [1.29, 1.82) is 0 Å². The molecule has 8 heteroatoms. The maximum absolute atomic E-state index is 12.5. The van der Waals surface area contributed by atoms with Crippen LogP contribution in [0, 0.1) is 5.92 Å². The molecular formula is C16H18N4O3S. The molecule has 1 N–H and O–H groups in total. The van der Waals surface area contributed by atoms with Crippen LogP contribution in [0.2, 0.25) is 0 Å². The molecule has 2 saturated heterocycles. The smallest absolute Gasteiger partial charge is 0.239 e. The van der Waals surface area contributed by atoms with Gasteiger partial charge in [0.25, 0.3) is 0 Å². The molecule has 0 bridgehead atoms. The number of carbonyl (C=O) groups is 2. The Kier molecular flexibility index (Phi) is 3.76. The Morgan fingerprint density at radius 3 is 3.00 bits per heavy atom. The van der Waals surface area contributed by atoms with E-state index in [1.165, 1.54) is 0 Å². The molecule has 4 rings (SSSR count). The number of thiazole rings is 1. The van der Waals surface area contributed by atoms with Crippen molar-refractivity contribution in [2.45, 2.75) is 0 Å². The van der Waals surface area contributed by atoms with Crippen LogP contribution < -0.4 is 15.0 Å². The molecule has 3 heterocycles. The molecule has 0 unspecified atom stereocenters. The summed E-state index contributed by atoms with van der Waals surface area (Å²) in [7, 11) is 1.64. The van der Waals surface area contributed by atoms with E-state index in [1.807, 2.05) is 18.2 Å². The number of amides is 2. The molecule has 0 saturated carbocycles. The first-order valence-corrected chi connectivity index (χ1v) is 8.71. The van der Waals surface area contributed by atoms with Crippen LogP contribution in [0.25, 0.3) is 10.2 Å². The van der Waals surface area contributed by atoms with Crippen LogP contribution in [0.15, 0.2) is 18.2 Å². The number of nitrogens with zero attached hydrogens (tertiary/aromatic N) is 3. The molecule has 2 aliphatic rings. The molecule has 126 valence electrons. The molecule has 1 aromatic carbocycles. The van der Waals surface area contributed by atoms with Crippen molar-refractivity contribution in [1.82, 2.24) is 15.2 Å². The summed E-state index contributed by atoms with van der Waals surface area (Å²) >= 11 is 1.61. The minimum Gasteiger partial charge on any atom is -0.494 e. The number of rotatable bonds is 3. The van der Waals surface area contributed by atoms with Crippen LogP contribution in [-0.2, 0) is 9.59 Å². The summed E-state index contributed by atoms with van der Waals surface area (Å²) < 4.78 is 6.42. The molecule has 2 amide bonds. The number of para-hydroxylation sites is 1. The molecule has 0 radical (unpaired) electrons. The van der Waals surface area contributed by atoms with Gasteiger partial charge in [0.15, 0.2) is 5.13 Å². The lowest BCUT2D eigenvalue weighted by molar-refractivity contribution is -0.142. The first-order valence-electron chi connectivity index (χ1n) is 7.89. The molecule has 24 heavy (non-hydrogen) atoms. The summed E-state index contributed by atoms with van der Waals surface area (Å²) in [5.74, 6) is 0.705. The van der Waals surface area contributed by atoms with E-state index in [2.05, 4.69) is 15.2 Å². The third kappa shape index (κ3) is 2.56.